The van der Waals surface area contributed by atoms with Crippen molar-refractivity contribution in [3.05, 3.63) is 143 Å². The molecule has 4 aromatic rings. The smallest absolute Gasteiger partial charge is 0.240 e. The van der Waals surface area contributed by atoms with Gasteiger partial charge in [-0.05, 0) is 47.2 Å². The quantitative estimate of drug-likeness (QED) is 0.324. The van der Waals surface area contributed by atoms with Crippen LogP contribution in [0.3, 0.4) is 0 Å². The van der Waals surface area contributed by atoms with Gasteiger partial charge in [0, 0.05) is 12.8 Å². The summed E-state index contributed by atoms with van der Waals surface area (Å²) in [4.78, 5) is 26.1. The maximum absolute atomic E-state index is 13.7. The number of carbonyl (C=O) groups excluding carboxylic acids is 2. The lowest BCUT2D eigenvalue weighted by molar-refractivity contribution is -0.127. The van der Waals surface area contributed by atoms with Crippen molar-refractivity contribution in [1.29, 1.82) is 0 Å². The molecule has 0 unspecified atom stereocenters. The van der Waals surface area contributed by atoms with Crippen LogP contribution in [-0.2, 0) is 21.4 Å². The monoisotopic (exact) mass is 476 g/mol. The number of carbonyl (C=O) groups is 2. The summed E-state index contributed by atoms with van der Waals surface area (Å²) in [5.41, 5.74) is 11.3. The second-order valence-corrected chi connectivity index (χ2v) is 9.33. The zero-order valence-electron chi connectivity index (χ0n) is 20.8. The van der Waals surface area contributed by atoms with E-state index in [0.717, 1.165) is 27.8 Å². The van der Waals surface area contributed by atoms with Crippen molar-refractivity contribution in [3.63, 3.8) is 0 Å². The van der Waals surface area contributed by atoms with E-state index in [4.69, 9.17) is 5.73 Å². The number of primary amides is 1. The van der Waals surface area contributed by atoms with Crippen LogP contribution in [0.2, 0.25) is 0 Å². The van der Waals surface area contributed by atoms with Gasteiger partial charge in [-0.3, -0.25) is 9.59 Å². The summed E-state index contributed by atoms with van der Waals surface area (Å²) in [7, 11) is 0. The van der Waals surface area contributed by atoms with E-state index < -0.39 is 17.4 Å². The van der Waals surface area contributed by atoms with Crippen molar-refractivity contribution in [3.8, 4) is 0 Å². The summed E-state index contributed by atoms with van der Waals surface area (Å²) >= 11 is 0. The van der Waals surface area contributed by atoms with Crippen molar-refractivity contribution >= 4 is 11.8 Å². The van der Waals surface area contributed by atoms with Crippen molar-refractivity contribution in [1.82, 2.24) is 5.32 Å². The minimum atomic E-state index is -0.806. The lowest BCUT2D eigenvalue weighted by Gasteiger charge is -2.36. The van der Waals surface area contributed by atoms with Crippen LogP contribution in [0.1, 0.15) is 39.8 Å². The Bertz CT molecular complexity index is 1220. The third-order valence-electron chi connectivity index (χ3n) is 6.92. The molecule has 0 aliphatic carbocycles. The molecular weight excluding hydrogens is 444 g/mol. The van der Waals surface area contributed by atoms with Crippen LogP contribution in [0.5, 0.6) is 0 Å². The molecule has 0 aliphatic rings. The van der Waals surface area contributed by atoms with Gasteiger partial charge in [0.15, 0.2) is 0 Å². The number of nitrogens with one attached hydrogen (secondary N) is 1. The molecule has 4 aromatic carbocycles. The molecule has 0 aromatic heterocycles. The highest BCUT2D eigenvalue weighted by Gasteiger charge is 2.39. The van der Waals surface area contributed by atoms with Crippen LogP contribution in [0, 0.1) is 13.8 Å². The first-order valence-corrected chi connectivity index (χ1v) is 12.2. The third-order valence-corrected chi connectivity index (χ3v) is 6.92. The third kappa shape index (κ3) is 5.38. The summed E-state index contributed by atoms with van der Waals surface area (Å²) in [6, 6.07) is 35.4. The van der Waals surface area contributed by atoms with E-state index in [1.807, 2.05) is 123 Å². The summed E-state index contributed by atoms with van der Waals surface area (Å²) in [5.74, 6) is -0.787. The van der Waals surface area contributed by atoms with Crippen LogP contribution in [-0.4, -0.2) is 17.9 Å². The molecule has 36 heavy (non-hydrogen) atoms. The predicted octanol–water partition coefficient (Wildman–Crippen LogP) is 5.24. The first kappa shape index (κ1) is 24.9. The number of hydrogen-bond acceptors (Lipinski definition) is 2. The van der Waals surface area contributed by atoms with E-state index in [2.05, 4.69) is 5.32 Å². The van der Waals surface area contributed by atoms with Gasteiger partial charge in [-0.15, -0.1) is 0 Å². The fraction of sp³-hybridized carbons (Fsp3) is 0.188. The van der Waals surface area contributed by atoms with Crippen LogP contribution >= 0.6 is 0 Å². The number of hydrogen-bond donors (Lipinski definition) is 2. The molecule has 182 valence electrons. The predicted molar refractivity (Wildman–Crippen MR) is 145 cm³/mol. The molecular formula is C32H32N2O2. The standard InChI is InChI=1S/C32H32N2O2/c1-23-18-19-25(20-24(23)2)21-29(31(33)36)34-30(35)22-32(26-12-6-3-7-13-26,27-14-8-4-9-15-27)28-16-10-5-11-17-28/h3-20,29H,21-22H2,1-2H3,(H2,33,36)(H,34,35)/t29-/m0/s1. The van der Waals surface area contributed by atoms with E-state index in [0.29, 0.717) is 6.42 Å². The fourth-order valence-corrected chi connectivity index (χ4v) is 4.85. The summed E-state index contributed by atoms with van der Waals surface area (Å²) < 4.78 is 0. The van der Waals surface area contributed by atoms with E-state index in [-0.39, 0.29) is 12.3 Å². The van der Waals surface area contributed by atoms with Crippen LogP contribution in [0.25, 0.3) is 0 Å². The summed E-state index contributed by atoms with van der Waals surface area (Å²) in [6.45, 7) is 4.08. The Hall–Kier alpha value is -4.18. The van der Waals surface area contributed by atoms with E-state index >= 15 is 0 Å². The van der Waals surface area contributed by atoms with E-state index in [1.165, 1.54) is 5.56 Å². The largest absolute Gasteiger partial charge is 0.368 e. The Balaban J connectivity index is 1.72. The number of nitrogens with two attached hydrogens (primary N) is 1. The summed E-state index contributed by atoms with van der Waals surface area (Å²) in [5, 5.41) is 2.95. The molecule has 0 fully saturated rings. The normalized spacial score (nSPS) is 12.1. The van der Waals surface area contributed by atoms with Crippen molar-refractivity contribution in [2.24, 2.45) is 5.73 Å². The Morgan fingerprint density at radius 1 is 0.722 bits per heavy atom. The zero-order chi connectivity index (χ0) is 25.5. The van der Waals surface area contributed by atoms with E-state index in [1.54, 1.807) is 0 Å². The second-order valence-electron chi connectivity index (χ2n) is 9.33. The van der Waals surface area contributed by atoms with Gasteiger partial charge in [0.2, 0.25) is 11.8 Å². The Morgan fingerprint density at radius 2 is 1.19 bits per heavy atom. The minimum Gasteiger partial charge on any atom is -0.368 e. The molecule has 0 aliphatic heterocycles. The van der Waals surface area contributed by atoms with Crippen LogP contribution < -0.4 is 11.1 Å². The number of rotatable bonds is 9. The van der Waals surface area contributed by atoms with Crippen molar-refractivity contribution in [2.45, 2.75) is 38.1 Å². The van der Waals surface area contributed by atoms with Crippen molar-refractivity contribution < 1.29 is 9.59 Å². The first-order chi connectivity index (χ1) is 17.4. The highest BCUT2D eigenvalue weighted by Crippen LogP contribution is 2.42. The molecule has 1 atom stereocenters. The average molecular weight is 477 g/mol. The highest BCUT2D eigenvalue weighted by molar-refractivity contribution is 5.88. The van der Waals surface area contributed by atoms with Gasteiger partial charge in [-0.1, -0.05) is 109 Å². The molecule has 4 rings (SSSR count). The number of amides is 2. The van der Waals surface area contributed by atoms with E-state index in [9.17, 15) is 9.59 Å². The van der Waals surface area contributed by atoms with Gasteiger partial charge in [0.25, 0.3) is 0 Å². The Morgan fingerprint density at radius 3 is 1.61 bits per heavy atom. The minimum absolute atomic E-state index is 0.127. The average Bonchev–Trinajstić information content (AvgIpc) is 2.90. The van der Waals surface area contributed by atoms with Crippen LogP contribution in [0.15, 0.2) is 109 Å². The van der Waals surface area contributed by atoms with Gasteiger partial charge < -0.3 is 11.1 Å². The lowest BCUT2D eigenvalue weighted by atomic mass is 9.67. The van der Waals surface area contributed by atoms with Gasteiger partial charge in [0.1, 0.15) is 6.04 Å². The number of aryl methyl sites for hydroxylation is 2. The molecule has 0 saturated heterocycles. The molecule has 2 amide bonds. The Labute approximate surface area is 213 Å². The molecule has 3 N–H and O–H groups in total. The molecule has 0 saturated carbocycles. The van der Waals surface area contributed by atoms with Gasteiger partial charge in [-0.2, -0.15) is 0 Å². The van der Waals surface area contributed by atoms with Gasteiger partial charge in [0.05, 0.1) is 5.41 Å². The molecule has 0 heterocycles. The molecule has 0 spiro atoms. The molecule has 0 bridgehead atoms. The SMILES string of the molecule is Cc1ccc(C[C@H](NC(=O)CC(c2ccccc2)(c2ccccc2)c2ccccc2)C(N)=O)cc1C. The molecule has 4 heteroatoms. The fourth-order valence-electron chi connectivity index (χ4n) is 4.85. The Kier molecular flexibility index (Phi) is 7.65. The van der Waals surface area contributed by atoms with Gasteiger partial charge >= 0.3 is 0 Å². The van der Waals surface area contributed by atoms with Gasteiger partial charge in [-0.25, -0.2) is 0 Å². The zero-order valence-corrected chi connectivity index (χ0v) is 20.8. The first-order valence-electron chi connectivity index (χ1n) is 12.2. The second kappa shape index (κ2) is 11.0. The topological polar surface area (TPSA) is 72.2 Å². The highest BCUT2D eigenvalue weighted by atomic mass is 16.2. The van der Waals surface area contributed by atoms with Crippen LogP contribution in [0.4, 0.5) is 0 Å². The number of benzene rings is 4. The maximum atomic E-state index is 13.7. The lowest BCUT2D eigenvalue weighted by Crippen LogP contribution is -2.48. The summed E-state index contributed by atoms with van der Waals surface area (Å²) in [6.07, 6.45) is 0.471. The molecule has 4 nitrogen and oxygen atoms in total. The maximum Gasteiger partial charge on any atom is 0.240 e. The van der Waals surface area contributed by atoms with Crippen molar-refractivity contribution in [2.75, 3.05) is 0 Å². The molecule has 0 radical (unpaired) electrons.